The van der Waals surface area contributed by atoms with E-state index in [9.17, 15) is 4.79 Å². The van der Waals surface area contributed by atoms with Gasteiger partial charge in [-0.1, -0.05) is 13.8 Å². The van der Waals surface area contributed by atoms with E-state index in [1.807, 2.05) is 13.8 Å². The highest BCUT2D eigenvalue weighted by Crippen LogP contribution is 1.94. The molecule has 0 aliphatic carbocycles. The highest BCUT2D eigenvalue weighted by atomic mass is 16.7. The van der Waals surface area contributed by atoms with Crippen LogP contribution in [0.15, 0.2) is 0 Å². The molecule has 59 valence electrons. The molecule has 0 unspecified atom stereocenters. The Morgan fingerprint density at radius 3 is 2.60 bits per heavy atom. The van der Waals surface area contributed by atoms with Crippen molar-refractivity contribution in [3.63, 3.8) is 0 Å². The van der Waals surface area contributed by atoms with Crippen LogP contribution in [-0.4, -0.2) is 24.6 Å². The van der Waals surface area contributed by atoms with Gasteiger partial charge in [-0.25, -0.2) is 5.06 Å². The van der Waals surface area contributed by atoms with Gasteiger partial charge in [0.2, 0.25) is 6.41 Å². The Balaban J connectivity index is 3.34. The molecule has 0 saturated heterocycles. The second-order valence-electron chi connectivity index (χ2n) is 2.44. The van der Waals surface area contributed by atoms with Crippen LogP contribution >= 0.6 is 0 Å². The third-order valence-electron chi connectivity index (χ3n) is 0.912. The van der Waals surface area contributed by atoms with Crippen molar-refractivity contribution < 1.29 is 9.63 Å². The van der Waals surface area contributed by atoms with Crippen LogP contribution in [0.1, 0.15) is 13.8 Å². The van der Waals surface area contributed by atoms with Gasteiger partial charge in [0, 0.05) is 6.54 Å². The number of amides is 1. The van der Waals surface area contributed by atoms with Crippen molar-refractivity contribution in [2.75, 3.05) is 13.2 Å². The van der Waals surface area contributed by atoms with Crippen molar-refractivity contribution in [3.05, 3.63) is 6.92 Å². The second-order valence-corrected chi connectivity index (χ2v) is 2.44. The van der Waals surface area contributed by atoms with Gasteiger partial charge >= 0.3 is 0 Å². The molecule has 0 aromatic carbocycles. The van der Waals surface area contributed by atoms with Crippen LogP contribution in [0, 0.1) is 12.8 Å². The molecular weight excluding hydrogens is 130 g/mol. The van der Waals surface area contributed by atoms with E-state index < -0.39 is 0 Å². The lowest BCUT2D eigenvalue weighted by atomic mass is 10.2. The number of rotatable bonds is 5. The topological polar surface area (TPSA) is 29.5 Å². The van der Waals surface area contributed by atoms with Gasteiger partial charge in [0.1, 0.15) is 0 Å². The van der Waals surface area contributed by atoms with E-state index in [0.717, 1.165) is 0 Å². The predicted octanol–water partition coefficient (Wildman–Crippen LogP) is 0.866. The summed E-state index contributed by atoms with van der Waals surface area (Å²) in [5.41, 5.74) is 0. The maximum Gasteiger partial charge on any atom is 0.233 e. The summed E-state index contributed by atoms with van der Waals surface area (Å²) < 4.78 is 0. The lowest BCUT2D eigenvalue weighted by Crippen LogP contribution is -2.23. The Bertz CT molecular complexity index is 93.6. The Kier molecular flexibility index (Phi) is 4.94. The van der Waals surface area contributed by atoms with Gasteiger partial charge in [-0.3, -0.25) is 9.63 Å². The molecule has 0 aliphatic heterocycles. The molecule has 0 heterocycles. The van der Waals surface area contributed by atoms with Crippen molar-refractivity contribution in [2.24, 2.45) is 5.92 Å². The summed E-state index contributed by atoms with van der Waals surface area (Å²) in [5, 5.41) is 1.18. The summed E-state index contributed by atoms with van der Waals surface area (Å²) in [4.78, 5) is 15.1. The summed E-state index contributed by atoms with van der Waals surface area (Å²) in [7, 11) is 0. The molecule has 1 amide bonds. The van der Waals surface area contributed by atoms with Gasteiger partial charge in [0.15, 0.2) is 0 Å². The van der Waals surface area contributed by atoms with Crippen LogP contribution in [0.3, 0.4) is 0 Å². The van der Waals surface area contributed by atoms with E-state index in [0.29, 0.717) is 25.5 Å². The highest BCUT2D eigenvalue weighted by molar-refractivity contribution is 5.44. The van der Waals surface area contributed by atoms with Crippen molar-refractivity contribution in [2.45, 2.75) is 13.8 Å². The number of hydroxylamine groups is 2. The maximum absolute atomic E-state index is 10.1. The zero-order valence-electron chi connectivity index (χ0n) is 6.54. The zero-order chi connectivity index (χ0) is 7.98. The SMILES string of the molecule is [CH2]CN(C=O)OCC(C)C. The van der Waals surface area contributed by atoms with Crippen molar-refractivity contribution in [1.29, 1.82) is 0 Å². The van der Waals surface area contributed by atoms with E-state index in [1.165, 1.54) is 5.06 Å². The summed E-state index contributed by atoms with van der Waals surface area (Å²) in [6, 6.07) is 0. The first-order valence-electron chi connectivity index (χ1n) is 3.34. The summed E-state index contributed by atoms with van der Waals surface area (Å²) in [6.45, 7) is 8.47. The van der Waals surface area contributed by atoms with Gasteiger partial charge in [-0.05, 0) is 12.8 Å². The molecular formula is C7H14NO2. The molecule has 1 radical (unpaired) electrons. The van der Waals surface area contributed by atoms with E-state index in [2.05, 4.69) is 6.92 Å². The fourth-order valence-corrected chi connectivity index (χ4v) is 0.392. The minimum absolute atomic E-state index is 0.357. The largest absolute Gasteiger partial charge is 0.276 e. The van der Waals surface area contributed by atoms with Crippen LogP contribution in [0.2, 0.25) is 0 Å². The molecule has 0 N–H and O–H groups in total. The number of carbonyl (C=O) groups excluding carboxylic acids is 1. The molecule has 3 nitrogen and oxygen atoms in total. The molecule has 0 fully saturated rings. The summed E-state index contributed by atoms with van der Waals surface area (Å²) in [6.07, 6.45) is 0.634. The third-order valence-corrected chi connectivity index (χ3v) is 0.912. The van der Waals surface area contributed by atoms with Gasteiger partial charge in [-0.15, -0.1) is 0 Å². The molecule has 0 bridgehead atoms. The van der Waals surface area contributed by atoms with Crippen LogP contribution in [0.5, 0.6) is 0 Å². The zero-order valence-corrected chi connectivity index (χ0v) is 6.54. The molecule has 0 atom stereocenters. The monoisotopic (exact) mass is 144 g/mol. The lowest BCUT2D eigenvalue weighted by Gasteiger charge is -2.15. The number of hydrogen-bond acceptors (Lipinski definition) is 2. The summed E-state index contributed by atoms with van der Waals surface area (Å²) >= 11 is 0. The van der Waals surface area contributed by atoms with Gasteiger partial charge in [-0.2, -0.15) is 0 Å². The average molecular weight is 144 g/mol. The Morgan fingerprint density at radius 2 is 2.30 bits per heavy atom. The Labute approximate surface area is 61.9 Å². The molecule has 0 aromatic rings. The Morgan fingerprint density at radius 1 is 1.70 bits per heavy atom. The fraction of sp³-hybridized carbons (Fsp3) is 0.714. The van der Waals surface area contributed by atoms with E-state index in [-0.39, 0.29) is 0 Å². The van der Waals surface area contributed by atoms with E-state index in [1.54, 1.807) is 0 Å². The molecule has 0 spiro atoms. The maximum atomic E-state index is 10.1. The van der Waals surface area contributed by atoms with Crippen molar-refractivity contribution in [3.8, 4) is 0 Å². The molecule has 0 saturated carbocycles. The van der Waals surface area contributed by atoms with Crippen LogP contribution in [-0.2, 0) is 9.63 Å². The standard InChI is InChI=1S/C7H14NO2/c1-4-8(6-9)10-5-7(2)3/h6-7H,1,4-5H2,2-3H3. The second kappa shape index (κ2) is 5.23. The minimum atomic E-state index is 0.357. The van der Waals surface area contributed by atoms with Crippen molar-refractivity contribution in [1.82, 2.24) is 5.06 Å². The average Bonchev–Trinajstić information content (AvgIpc) is 1.90. The molecule has 0 aromatic heterocycles. The molecule has 3 heteroatoms. The smallest absolute Gasteiger partial charge is 0.233 e. The Hall–Kier alpha value is -0.570. The first kappa shape index (κ1) is 9.43. The molecule has 0 aliphatic rings. The first-order chi connectivity index (χ1) is 4.70. The molecule has 10 heavy (non-hydrogen) atoms. The minimum Gasteiger partial charge on any atom is -0.276 e. The van der Waals surface area contributed by atoms with Gasteiger partial charge in [0.05, 0.1) is 6.61 Å². The normalized spacial score (nSPS) is 10.0. The fourth-order valence-electron chi connectivity index (χ4n) is 0.392. The van der Waals surface area contributed by atoms with Crippen LogP contribution < -0.4 is 0 Å². The van der Waals surface area contributed by atoms with Crippen molar-refractivity contribution >= 4 is 6.41 Å². The predicted molar refractivity (Wildman–Crippen MR) is 38.9 cm³/mol. The summed E-state index contributed by atoms with van der Waals surface area (Å²) in [5.74, 6) is 0.439. The van der Waals surface area contributed by atoms with Gasteiger partial charge in [0.25, 0.3) is 0 Å². The first-order valence-corrected chi connectivity index (χ1v) is 3.34. The lowest BCUT2D eigenvalue weighted by molar-refractivity contribution is -0.172. The van der Waals surface area contributed by atoms with E-state index in [4.69, 9.17) is 4.84 Å². The van der Waals surface area contributed by atoms with Gasteiger partial charge < -0.3 is 0 Å². The molecule has 0 rings (SSSR count). The van der Waals surface area contributed by atoms with E-state index >= 15 is 0 Å². The van der Waals surface area contributed by atoms with Crippen LogP contribution in [0.25, 0.3) is 0 Å². The quantitative estimate of drug-likeness (QED) is 0.423. The number of hydrogen-bond donors (Lipinski definition) is 0. The number of carbonyl (C=O) groups is 1. The third kappa shape index (κ3) is 4.32. The number of nitrogens with zero attached hydrogens (tertiary/aromatic N) is 1. The van der Waals surface area contributed by atoms with Crippen LogP contribution in [0.4, 0.5) is 0 Å². The highest BCUT2D eigenvalue weighted by Gasteiger charge is 1.99.